The van der Waals surface area contributed by atoms with Crippen molar-refractivity contribution in [3.8, 4) is 6.07 Å². The maximum Gasteiger partial charge on any atom is 0.355 e. The third-order valence-corrected chi connectivity index (χ3v) is 3.34. The summed E-state index contributed by atoms with van der Waals surface area (Å²) in [5.41, 5.74) is 0.968. The first-order valence-corrected chi connectivity index (χ1v) is 6.85. The molecule has 1 aliphatic rings. The minimum atomic E-state index is -0.465. The van der Waals surface area contributed by atoms with Crippen LogP contribution in [0.15, 0.2) is 28.4 Å². The Morgan fingerprint density at radius 3 is 3.10 bits per heavy atom. The lowest BCUT2D eigenvalue weighted by Gasteiger charge is -2.06. The van der Waals surface area contributed by atoms with Crippen molar-refractivity contribution < 1.29 is 9.53 Å². The number of esters is 1. The molecular formula is C12H9ClN4O2S. The quantitative estimate of drug-likeness (QED) is 0.519. The zero-order valence-electron chi connectivity index (χ0n) is 10.4. The molecule has 0 saturated heterocycles. The molecule has 0 unspecified atom stereocenters. The van der Waals surface area contributed by atoms with E-state index in [4.69, 9.17) is 16.3 Å². The molecule has 8 heteroatoms. The second-order valence-electron chi connectivity index (χ2n) is 3.52. The Kier molecular flexibility index (Phi) is 4.61. The number of rotatable bonds is 3. The molecule has 0 spiro atoms. The van der Waals surface area contributed by atoms with Crippen molar-refractivity contribution in [2.24, 2.45) is 0 Å². The van der Waals surface area contributed by atoms with Crippen LogP contribution in [0.2, 0.25) is 5.28 Å². The maximum absolute atomic E-state index is 11.6. The van der Waals surface area contributed by atoms with Gasteiger partial charge in [0.05, 0.1) is 17.3 Å². The molecule has 0 amide bonds. The zero-order chi connectivity index (χ0) is 14.5. The van der Waals surface area contributed by atoms with Gasteiger partial charge in [0.15, 0.2) is 0 Å². The molecule has 0 aromatic carbocycles. The summed E-state index contributed by atoms with van der Waals surface area (Å²) >= 11 is 6.92. The lowest BCUT2D eigenvalue weighted by Crippen LogP contribution is -2.18. The van der Waals surface area contributed by atoms with Crippen LogP contribution >= 0.6 is 23.4 Å². The first kappa shape index (κ1) is 14.4. The second kappa shape index (κ2) is 6.41. The maximum atomic E-state index is 11.6. The third kappa shape index (κ3) is 3.10. The van der Waals surface area contributed by atoms with E-state index in [2.05, 4.69) is 15.3 Å². The fraction of sp³-hybridized carbons (Fsp3) is 0.167. The summed E-state index contributed by atoms with van der Waals surface area (Å²) < 4.78 is 4.88. The number of aromatic nitrogens is 2. The highest BCUT2D eigenvalue weighted by Crippen LogP contribution is 2.31. The summed E-state index contributed by atoms with van der Waals surface area (Å²) in [6.45, 7) is 2.01. The van der Waals surface area contributed by atoms with Crippen LogP contribution in [0.5, 0.6) is 0 Å². The van der Waals surface area contributed by atoms with E-state index in [1.807, 2.05) is 6.07 Å². The number of hydrogen-bond acceptors (Lipinski definition) is 7. The molecule has 20 heavy (non-hydrogen) atoms. The van der Waals surface area contributed by atoms with E-state index in [1.54, 1.807) is 18.4 Å². The standard InChI is InChI=1S/C12H9ClN4O2S/c1-2-19-11(18)9-6-20-10(16-9)7(5-14)8-3-4-15-12(13)17-8/h3-4,6,16H,2H2,1H3/b10-7+. The Labute approximate surface area is 124 Å². The largest absolute Gasteiger partial charge is 0.461 e. The zero-order valence-corrected chi connectivity index (χ0v) is 12.0. The van der Waals surface area contributed by atoms with E-state index in [0.29, 0.717) is 16.4 Å². The number of ether oxygens (including phenoxy) is 1. The molecule has 2 rings (SSSR count). The third-order valence-electron chi connectivity index (χ3n) is 2.26. The van der Waals surface area contributed by atoms with Crippen molar-refractivity contribution in [1.82, 2.24) is 15.3 Å². The van der Waals surface area contributed by atoms with E-state index in [1.165, 1.54) is 18.0 Å². The number of halogens is 1. The minimum Gasteiger partial charge on any atom is -0.461 e. The molecule has 0 bridgehead atoms. The molecule has 102 valence electrons. The smallest absolute Gasteiger partial charge is 0.355 e. The van der Waals surface area contributed by atoms with E-state index < -0.39 is 5.97 Å². The summed E-state index contributed by atoms with van der Waals surface area (Å²) in [6.07, 6.45) is 1.46. The summed E-state index contributed by atoms with van der Waals surface area (Å²) in [4.78, 5) is 19.3. The van der Waals surface area contributed by atoms with Crippen LogP contribution in [0.4, 0.5) is 0 Å². The van der Waals surface area contributed by atoms with Gasteiger partial charge in [0.1, 0.15) is 17.3 Å². The van der Waals surface area contributed by atoms with Crippen molar-refractivity contribution >= 4 is 34.9 Å². The predicted molar refractivity (Wildman–Crippen MR) is 75.0 cm³/mol. The highest BCUT2D eigenvalue weighted by atomic mass is 35.5. The Morgan fingerprint density at radius 1 is 1.65 bits per heavy atom. The highest BCUT2D eigenvalue weighted by molar-refractivity contribution is 8.06. The molecule has 1 aromatic rings. The van der Waals surface area contributed by atoms with Crippen molar-refractivity contribution in [2.75, 3.05) is 6.61 Å². The van der Waals surface area contributed by atoms with Gasteiger partial charge in [-0.05, 0) is 24.6 Å². The number of nitrogens with one attached hydrogen (secondary N) is 1. The van der Waals surface area contributed by atoms with Crippen molar-refractivity contribution in [3.63, 3.8) is 0 Å². The van der Waals surface area contributed by atoms with Gasteiger partial charge in [-0.3, -0.25) is 0 Å². The molecule has 6 nitrogen and oxygen atoms in total. The number of nitriles is 1. The number of allylic oxidation sites excluding steroid dienone is 1. The van der Waals surface area contributed by atoms with Crippen LogP contribution in [0.3, 0.4) is 0 Å². The fourth-order valence-corrected chi connectivity index (χ4v) is 2.40. The first-order valence-electron chi connectivity index (χ1n) is 5.60. The van der Waals surface area contributed by atoms with E-state index in [0.717, 1.165) is 0 Å². The summed E-state index contributed by atoms with van der Waals surface area (Å²) in [7, 11) is 0. The number of carbonyl (C=O) groups is 1. The van der Waals surface area contributed by atoms with Crippen LogP contribution in [0.25, 0.3) is 5.57 Å². The molecule has 2 heterocycles. The topological polar surface area (TPSA) is 87.9 Å². The van der Waals surface area contributed by atoms with Crippen LogP contribution in [0.1, 0.15) is 12.6 Å². The van der Waals surface area contributed by atoms with Gasteiger partial charge in [-0.1, -0.05) is 11.8 Å². The van der Waals surface area contributed by atoms with Gasteiger partial charge in [-0.2, -0.15) is 5.26 Å². The van der Waals surface area contributed by atoms with Crippen molar-refractivity contribution in [2.45, 2.75) is 6.92 Å². The summed E-state index contributed by atoms with van der Waals surface area (Å²) in [5, 5.41) is 14.3. The monoisotopic (exact) mass is 308 g/mol. The Balaban J connectivity index is 2.26. The second-order valence-corrected chi connectivity index (χ2v) is 4.74. The van der Waals surface area contributed by atoms with Gasteiger partial charge in [-0.25, -0.2) is 14.8 Å². The van der Waals surface area contributed by atoms with Crippen molar-refractivity contribution in [3.05, 3.63) is 39.4 Å². The van der Waals surface area contributed by atoms with Crippen LogP contribution in [-0.4, -0.2) is 22.5 Å². The Morgan fingerprint density at radius 2 is 2.45 bits per heavy atom. The number of hydrogen-bond donors (Lipinski definition) is 1. The van der Waals surface area contributed by atoms with Crippen LogP contribution in [0, 0.1) is 11.3 Å². The van der Waals surface area contributed by atoms with E-state index in [9.17, 15) is 10.1 Å². The summed E-state index contributed by atoms with van der Waals surface area (Å²) in [6, 6.07) is 3.61. The molecule has 0 saturated carbocycles. The summed E-state index contributed by atoms with van der Waals surface area (Å²) in [5.74, 6) is -0.465. The number of nitrogens with zero attached hydrogens (tertiary/aromatic N) is 3. The van der Waals surface area contributed by atoms with Gasteiger partial charge in [0, 0.05) is 11.6 Å². The molecule has 1 aromatic heterocycles. The molecule has 1 aliphatic heterocycles. The van der Waals surface area contributed by atoms with Crippen LogP contribution in [-0.2, 0) is 9.53 Å². The normalized spacial score (nSPS) is 15.9. The number of thioether (sulfide) groups is 1. The minimum absolute atomic E-state index is 0.0532. The number of carbonyl (C=O) groups excluding carboxylic acids is 1. The van der Waals surface area contributed by atoms with Gasteiger partial charge < -0.3 is 10.1 Å². The molecule has 0 fully saturated rings. The predicted octanol–water partition coefficient (Wildman–Crippen LogP) is 2.06. The lowest BCUT2D eigenvalue weighted by molar-refractivity contribution is -0.138. The van der Waals surface area contributed by atoms with Gasteiger partial charge in [-0.15, -0.1) is 0 Å². The van der Waals surface area contributed by atoms with Crippen molar-refractivity contribution in [1.29, 1.82) is 5.26 Å². The molecular weight excluding hydrogens is 300 g/mol. The molecule has 0 atom stereocenters. The highest BCUT2D eigenvalue weighted by Gasteiger charge is 2.22. The average Bonchev–Trinajstić information content (AvgIpc) is 2.90. The Bertz CT molecular complexity index is 651. The van der Waals surface area contributed by atoms with Crippen LogP contribution < -0.4 is 5.32 Å². The van der Waals surface area contributed by atoms with Gasteiger partial charge in [0.2, 0.25) is 5.28 Å². The van der Waals surface area contributed by atoms with Gasteiger partial charge >= 0.3 is 5.97 Å². The molecule has 0 aliphatic carbocycles. The molecule has 1 N–H and O–H groups in total. The fourth-order valence-electron chi connectivity index (χ4n) is 1.43. The van der Waals surface area contributed by atoms with E-state index in [-0.39, 0.29) is 17.5 Å². The first-order chi connectivity index (χ1) is 9.65. The Hall–Kier alpha value is -2.04. The van der Waals surface area contributed by atoms with E-state index >= 15 is 0 Å². The van der Waals surface area contributed by atoms with Gasteiger partial charge in [0.25, 0.3) is 0 Å². The SMILES string of the molecule is CCOC(=O)C1=CS/C(=C(\C#N)c2ccnc(Cl)n2)N1. The lowest BCUT2D eigenvalue weighted by atomic mass is 10.2. The molecule has 0 radical (unpaired) electrons. The average molecular weight is 309 g/mol.